The topological polar surface area (TPSA) is 57.4 Å². The molecule has 3 rings (SSSR count). The zero-order chi connectivity index (χ0) is 23.3. The Balaban J connectivity index is 1.37. The summed E-state index contributed by atoms with van der Waals surface area (Å²) in [6.07, 6.45) is 14.7. The molecule has 2 aromatic carbocycles. The van der Waals surface area contributed by atoms with E-state index in [1.807, 2.05) is 49.4 Å². The highest BCUT2D eigenvalue weighted by Crippen LogP contribution is 2.23. The van der Waals surface area contributed by atoms with Crippen molar-refractivity contribution in [2.45, 2.75) is 90.5 Å². The van der Waals surface area contributed by atoms with Gasteiger partial charge in [-0.2, -0.15) is 20.3 Å². The average molecular weight is 447 g/mol. The highest BCUT2D eigenvalue weighted by molar-refractivity contribution is 6.18. The second-order valence-electron chi connectivity index (χ2n) is 8.94. The SMILES string of the molecule is CCCCCCCCCCCCc1ccc(N=NC2C(=O)N(c3ccccc3)N=C2C)cc1. The van der Waals surface area contributed by atoms with Gasteiger partial charge in [0.1, 0.15) is 0 Å². The van der Waals surface area contributed by atoms with Gasteiger partial charge < -0.3 is 0 Å². The van der Waals surface area contributed by atoms with Gasteiger partial charge in [0.25, 0.3) is 5.91 Å². The number of carbonyl (C=O) groups excluding carboxylic acids is 1. The highest BCUT2D eigenvalue weighted by atomic mass is 16.2. The molecular formula is C28H38N4O. The molecule has 33 heavy (non-hydrogen) atoms. The predicted octanol–water partition coefficient (Wildman–Crippen LogP) is 8.03. The van der Waals surface area contributed by atoms with Gasteiger partial charge in [-0.25, -0.2) is 0 Å². The molecular weight excluding hydrogens is 408 g/mol. The van der Waals surface area contributed by atoms with Crippen LogP contribution in [0.4, 0.5) is 11.4 Å². The van der Waals surface area contributed by atoms with E-state index in [-0.39, 0.29) is 5.91 Å². The fraction of sp³-hybridized carbons (Fsp3) is 0.500. The van der Waals surface area contributed by atoms with Gasteiger partial charge in [-0.3, -0.25) is 4.79 Å². The largest absolute Gasteiger partial charge is 0.280 e. The van der Waals surface area contributed by atoms with E-state index >= 15 is 0 Å². The van der Waals surface area contributed by atoms with E-state index in [1.54, 1.807) is 0 Å². The second kappa shape index (κ2) is 13.7. The fourth-order valence-electron chi connectivity index (χ4n) is 4.11. The number of para-hydroxylation sites is 1. The van der Waals surface area contributed by atoms with Gasteiger partial charge in [0, 0.05) is 0 Å². The molecule has 0 N–H and O–H groups in total. The molecule has 0 aromatic heterocycles. The Morgan fingerprint density at radius 1 is 0.818 bits per heavy atom. The number of benzene rings is 2. The zero-order valence-electron chi connectivity index (χ0n) is 20.2. The van der Waals surface area contributed by atoms with Crippen molar-refractivity contribution >= 4 is 23.0 Å². The fourth-order valence-corrected chi connectivity index (χ4v) is 4.11. The molecule has 0 bridgehead atoms. The summed E-state index contributed by atoms with van der Waals surface area (Å²) in [6.45, 7) is 4.09. The quantitative estimate of drug-likeness (QED) is 0.214. The first-order valence-electron chi connectivity index (χ1n) is 12.6. The number of hydrogen-bond acceptors (Lipinski definition) is 4. The minimum Gasteiger partial charge on any atom is -0.269 e. The van der Waals surface area contributed by atoms with Crippen molar-refractivity contribution in [1.82, 2.24) is 0 Å². The lowest BCUT2D eigenvalue weighted by atomic mass is 10.0. The standard InChI is InChI=1S/C28H38N4O/c1-3-4-5-6-7-8-9-10-11-13-16-24-19-21-25(22-20-24)29-30-27-23(2)31-32(28(27)33)26-17-14-12-15-18-26/h12,14-15,17-22,27H,3-11,13,16H2,1-2H3. The third-order valence-corrected chi connectivity index (χ3v) is 6.14. The lowest BCUT2D eigenvalue weighted by Gasteiger charge is -2.11. The molecule has 176 valence electrons. The molecule has 5 nitrogen and oxygen atoms in total. The van der Waals surface area contributed by atoms with Gasteiger partial charge in [0.05, 0.1) is 17.1 Å². The molecule has 0 fully saturated rings. The maximum absolute atomic E-state index is 12.7. The van der Waals surface area contributed by atoms with E-state index in [1.165, 1.54) is 74.8 Å². The third-order valence-electron chi connectivity index (χ3n) is 6.14. The molecule has 1 aliphatic heterocycles. The van der Waals surface area contributed by atoms with Crippen molar-refractivity contribution in [2.75, 3.05) is 5.01 Å². The van der Waals surface area contributed by atoms with E-state index < -0.39 is 6.04 Å². The van der Waals surface area contributed by atoms with Crippen molar-refractivity contribution in [3.63, 3.8) is 0 Å². The van der Waals surface area contributed by atoms with Crippen LogP contribution in [0.3, 0.4) is 0 Å². The molecule has 0 aliphatic carbocycles. The van der Waals surface area contributed by atoms with Crippen LogP contribution in [-0.2, 0) is 11.2 Å². The lowest BCUT2D eigenvalue weighted by Crippen LogP contribution is -2.29. The molecule has 1 heterocycles. The minimum atomic E-state index is -0.656. The van der Waals surface area contributed by atoms with Crippen molar-refractivity contribution in [3.8, 4) is 0 Å². The van der Waals surface area contributed by atoms with Crippen molar-refractivity contribution in [3.05, 3.63) is 60.2 Å². The Bertz CT molecular complexity index is 905. The van der Waals surface area contributed by atoms with Crippen LogP contribution >= 0.6 is 0 Å². The minimum absolute atomic E-state index is 0.167. The number of hydrogen-bond donors (Lipinski definition) is 0. The number of hydrazone groups is 1. The molecule has 0 spiro atoms. The summed E-state index contributed by atoms with van der Waals surface area (Å²) < 4.78 is 0. The lowest BCUT2D eigenvalue weighted by molar-refractivity contribution is -0.117. The molecule has 5 heteroatoms. The van der Waals surface area contributed by atoms with Gasteiger partial charge in [0.2, 0.25) is 0 Å². The van der Waals surface area contributed by atoms with E-state index in [0.717, 1.165) is 17.8 Å². The molecule has 1 unspecified atom stereocenters. The Kier molecular flexibility index (Phi) is 10.3. The second-order valence-corrected chi connectivity index (χ2v) is 8.94. The van der Waals surface area contributed by atoms with Gasteiger partial charge in [-0.15, -0.1) is 0 Å². The van der Waals surface area contributed by atoms with E-state index in [2.05, 4.69) is 34.4 Å². The van der Waals surface area contributed by atoms with Crippen molar-refractivity contribution in [1.29, 1.82) is 0 Å². The van der Waals surface area contributed by atoms with Crippen LogP contribution in [0, 0.1) is 0 Å². The molecule has 0 saturated heterocycles. The maximum Gasteiger partial charge on any atom is 0.280 e. The van der Waals surface area contributed by atoms with Crippen molar-refractivity contribution in [2.24, 2.45) is 15.3 Å². The first kappa shape index (κ1) is 24.8. The Morgan fingerprint density at radius 2 is 1.42 bits per heavy atom. The van der Waals surface area contributed by atoms with E-state index in [4.69, 9.17) is 0 Å². The van der Waals surface area contributed by atoms with Crippen LogP contribution < -0.4 is 5.01 Å². The van der Waals surface area contributed by atoms with Crippen LogP contribution in [0.25, 0.3) is 0 Å². The van der Waals surface area contributed by atoms with Crippen LogP contribution in [0.1, 0.15) is 83.6 Å². The number of aryl methyl sites for hydroxylation is 1. The van der Waals surface area contributed by atoms with Gasteiger partial charge in [0.15, 0.2) is 6.04 Å². The maximum atomic E-state index is 12.7. The molecule has 1 aliphatic rings. The molecule has 1 atom stereocenters. The number of rotatable bonds is 14. The van der Waals surface area contributed by atoms with Gasteiger partial charge in [-0.1, -0.05) is 95.0 Å². The average Bonchev–Trinajstić information content (AvgIpc) is 3.13. The normalized spacial score (nSPS) is 16.1. The van der Waals surface area contributed by atoms with E-state index in [9.17, 15) is 4.79 Å². The summed E-state index contributed by atoms with van der Waals surface area (Å²) >= 11 is 0. The van der Waals surface area contributed by atoms with Crippen molar-refractivity contribution < 1.29 is 4.79 Å². The predicted molar refractivity (Wildman–Crippen MR) is 137 cm³/mol. The number of carbonyl (C=O) groups is 1. The Morgan fingerprint density at radius 3 is 2.06 bits per heavy atom. The molecule has 0 saturated carbocycles. The summed E-state index contributed by atoms with van der Waals surface area (Å²) in [7, 11) is 0. The van der Waals surface area contributed by atoms with Crippen LogP contribution in [0.2, 0.25) is 0 Å². The summed E-state index contributed by atoms with van der Waals surface area (Å²) in [5.41, 5.74) is 3.50. The Hall–Kier alpha value is -2.82. The van der Waals surface area contributed by atoms with Crippen LogP contribution in [-0.4, -0.2) is 17.7 Å². The zero-order valence-corrected chi connectivity index (χ0v) is 20.2. The monoisotopic (exact) mass is 446 g/mol. The summed E-state index contributed by atoms with van der Waals surface area (Å²) in [4.78, 5) is 12.7. The number of nitrogens with zero attached hydrogens (tertiary/aromatic N) is 4. The number of unbranched alkanes of at least 4 members (excludes halogenated alkanes) is 9. The Labute approximate surface area is 199 Å². The van der Waals surface area contributed by atoms with Gasteiger partial charge >= 0.3 is 0 Å². The smallest absolute Gasteiger partial charge is 0.269 e. The first-order chi connectivity index (χ1) is 16.2. The summed E-state index contributed by atoms with van der Waals surface area (Å²) in [5, 5.41) is 14.4. The summed E-state index contributed by atoms with van der Waals surface area (Å²) in [5.74, 6) is -0.167. The van der Waals surface area contributed by atoms with E-state index in [0.29, 0.717) is 5.71 Å². The van der Waals surface area contributed by atoms with Gasteiger partial charge in [-0.05, 0) is 49.6 Å². The number of azo groups is 1. The third kappa shape index (κ3) is 7.92. The summed E-state index contributed by atoms with van der Waals surface area (Å²) in [6, 6.07) is 17.0. The number of anilines is 1. The molecule has 2 aromatic rings. The van der Waals surface area contributed by atoms with Crippen LogP contribution in [0.15, 0.2) is 69.9 Å². The first-order valence-corrected chi connectivity index (χ1v) is 12.6. The molecule has 0 radical (unpaired) electrons. The number of amides is 1. The molecule has 1 amide bonds. The highest BCUT2D eigenvalue weighted by Gasteiger charge is 2.34. The van der Waals surface area contributed by atoms with Crippen LogP contribution in [0.5, 0.6) is 0 Å².